The molecule has 0 aliphatic carbocycles. The number of benzene rings is 1. The van der Waals surface area contributed by atoms with E-state index < -0.39 is 6.10 Å². The maximum atomic E-state index is 13.0. The molecule has 5 rings (SSSR count). The molecule has 0 radical (unpaired) electrons. The van der Waals surface area contributed by atoms with Crippen molar-refractivity contribution in [3.8, 4) is 5.75 Å². The number of carbonyl (C=O) groups is 2. The lowest BCUT2D eigenvalue weighted by Crippen LogP contribution is -2.40. The molecule has 3 aromatic rings. The third kappa shape index (κ3) is 3.61. The zero-order chi connectivity index (χ0) is 21.5. The van der Waals surface area contributed by atoms with Crippen LogP contribution in [-0.4, -0.2) is 50.0 Å². The van der Waals surface area contributed by atoms with Crippen molar-refractivity contribution < 1.29 is 14.3 Å². The SMILES string of the molecule is CC1Oc2ccc(C(=O)C3CCN(Cn4nc5ccccn5c4=O)CC3)cc2NC1=O. The number of fused-ring (bicyclic) bond motifs is 2. The summed E-state index contributed by atoms with van der Waals surface area (Å²) in [6.07, 6.45) is 2.58. The lowest BCUT2D eigenvalue weighted by atomic mass is 9.88. The molecular formula is C22H23N5O4. The predicted octanol–water partition coefficient (Wildman–Crippen LogP) is 1.77. The predicted molar refractivity (Wildman–Crippen MR) is 113 cm³/mol. The van der Waals surface area contributed by atoms with E-state index in [4.69, 9.17) is 4.74 Å². The van der Waals surface area contributed by atoms with Crippen LogP contribution in [0, 0.1) is 5.92 Å². The molecule has 1 saturated heterocycles. The second-order valence-corrected chi connectivity index (χ2v) is 8.07. The first-order valence-corrected chi connectivity index (χ1v) is 10.4. The normalized spacial score (nSPS) is 19.6. The van der Waals surface area contributed by atoms with Crippen LogP contribution < -0.4 is 15.7 Å². The molecule has 2 aliphatic heterocycles. The van der Waals surface area contributed by atoms with Crippen LogP contribution in [-0.2, 0) is 11.5 Å². The summed E-state index contributed by atoms with van der Waals surface area (Å²) in [4.78, 5) is 39.5. The van der Waals surface area contributed by atoms with Crippen molar-refractivity contribution >= 4 is 23.0 Å². The number of likely N-dealkylation sites (tertiary alicyclic amines) is 1. The summed E-state index contributed by atoms with van der Waals surface area (Å²) in [6, 6.07) is 10.6. The van der Waals surface area contributed by atoms with Gasteiger partial charge in [-0.3, -0.25) is 18.9 Å². The van der Waals surface area contributed by atoms with Crippen molar-refractivity contribution in [2.24, 2.45) is 5.92 Å². The minimum Gasteiger partial charge on any atom is -0.479 e. The van der Waals surface area contributed by atoms with Crippen LogP contribution in [0.15, 0.2) is 47.4 Å². The fourth-order valence-electron chi connectivity index (χ4n) is 4.18. The molecule has 2 aromatic heterocycles. The second kappa shape index (κ2) is 7.66. The fraction of sp³-hybridized carbons (Fsp3) is 0.364. The maximum absolute atomic E-state index is 13.0. The summed E-state index contributed by atoms with van der Waals surface area (Å²) in [5.74, 6) is 0.343. The lowest BCUT2D eigenvalue weighted by molar-refractivity contribution is -0.122. The number of nitrogens with one attached hydrogen (secondary N) is 1. The zero-order valence-corrected chi connectivity index (χ0v) is 17.2. The van der Waals surface area contributed by atoms with Gasteiger partial charge in [-0.25, -0.2) is 4.79 Å². The Morgan fingerprint density at radius 3 is 2.77 bits per heavy atom. The molecule has 160 valence electrons. The third-order valence-electron chi connectivity index (χ3n) is 5.98. The summed E-state index contributed by atoms with van der Waals surface area (Å²) in [5, 5.41) is 7.17. The third-order valence-corrected chi connectivity index (χ3v) is 5.98. The molecule has 1 aromatic carbocycles. The Bertz CT molecular complexity index is 1220. The Hall–Kier alpha value is -3.46. The van der Waals surface area contributed by atoms with Crippen molar-refractivity contribution in [3.05, 3.63) is 58.6 Å². The van der Waals surface area contributed by atoms with Crippen molar-refractivity contribution in [1.29, 1.82) is 0 Å². The van der Waals surface area contributed by atoms with E-state index in [1.165, 1.54) is 9.08 Å². The van der Waals surface area contributed by atoms with Gasteiger partial charge < -0.3 is 10.1 Å². The Balaban J connectivity index is 1.24. The molecule has 2 aliphatic rings. The number of rotatable bonds is 4. The number of nitrogens with zero attached hydrogens (tertiary/aromatic N) is 4. The van der Waals surface area contributed by atoms with E-state index in [-0.39, 0.29) is 23.3 Å². The van der Waals surface area contributed by atoms with E-state index in [0.717, 1.165) is 0 Å². The van der Waals surface area contributed by atoms with Crippen molar-refractivity contribution in [1.82, 2.24) is 19.1 Å². The van der Waals surface area contributed by atoms with Gasteiger partial charge in [0.15, 0.2) is 17.5 Å². The van der Waals surface area contributed by atoms with Gasteiger partial charge in [0.05, 0.1) is 12.4 Å². The van der Waals surface area contributed by atoms with Gasteiger partial charge in [0.2, 0.25) is 0 Å². The number of Topliss-reactive ketones (excluding diaryl/α,β-unsaturated/α-hetero) is 1. The van der Waals surface area contributed by atoms with Crippen LogP contribution in [0.5, 0.6) is 5.75 Å². The van der Waals surface area contributed by atoms with E-state index in [1.807, 2.05) is 6.07 Å². The van der Waals surface area contributed by atoms with Crippen LogP contribution in [0.1, 0.15) is 30.1 Å². The number of carbonyl (C=O) groups excluding carboxylic acids is 2. The van der Waals surface area contributed by atoms with E-state index in [9.17, 15) is 14.4 Å². The molecule has 9 nitrogen and oxygen atoms in total. The van der Waals surface area contributed by atoms with Gasteiger partial charge in [0, 0.05) is 30.8 Å². The van der Waals surface area contributed by atoms with E-state index >= 15 is 0 Å². The number of ketones is 1. The molecule has 1 unspecified atom stereocenters. The van der Waals surface area contributed by atoms with Gasteiger partial charge in [-0.05, 0) is 50.1 Å². The molecule has 9 heteroatoms. The largest absolute Gasteiger partial charge is 0.479 e. The first-order valence-electron chi connectivity index (χ1n) is 10.4. The van der Waals surface area contributed by atoms with Crippen LogP contribution in [0.4, 0.5) is 5.69 Å². The Kier molecular flexibility index (Phi) is 4.82. The van der Waals surface area contributed by atoms with Gasteiger partial charge in [-0.1, -0.05) is 6.07 Å². The number of ether oxygens (including phenoxy) is 1. The first-order chi connectivity index (χ1) is 15.0. The quantitative estimate of drug-likeness (QED) is 0.645. The summed E-state index contributed by atoms with van der Waals surface area (Å²) >= 11 is 0. The Morgan fingerprint density at radius 1 is 1.19 bits per heavy atom. The molecule has 0 bridgehead atoms. The monoisotopic (exact) mass is 421 g/mol. The fourth-order valence-corrected chi connectivity index (χ4v) is 4.18. The minimum absolute atomic E-state index is 0.0696. The smallest absolute Gasteiger partial charge is 0.351 e. The van der Waals surface area contributed by atoms with E-state index in [2.05, 4.69) is 15.3 Å². The van der Waals surface area contributed by atoms with Gasteiger partial charge in [0.25, 0.3) is 5.91 Å². The molecule has 4 heterocycles. The number of hydrogen-bond donors (Lipinski definition) is 1. The molecule has 1 amide bonds. The van der Waals surface area contributed by atoms with Gasteiger partial charge in [0.1, 0.15) is 5.75 Å². The topological polar surface area (TPSA) is 97.9 Å². The lowest BCUT2D eigenvalue weighted by Gasteiger charge is -2.31. The van der Waals surface area contributed by atoms with Crippen molar-refractivity contribution in [2.75, 3.05) is 18.4 Å². The molecule has 1 N–H and O–H groups in total. The summed E-state index contributed by atoms with van der Waals surface area (Å²) in [6.45, 7) is 3.51. The molecule has 1 atom stereocenters. The summed E-state index contributed by atoms with van der Waals surface area (Å²) in [7, 11) is 0. The number of anilines is 1. The highest BCUT2D eigenvalue weighted by Crippen LogP contribution is 2.32. The number of amides is 1. The van der Waals surface area contributed by atoms with Crippen LogP contribution >= 0.6 is 0 Å². The molecule has 1 fully saturated rings. The van der Waals surface area contributed by atoms with Crippen LogP contribution in [0.2, 0.25) is 0 Å². The summed E-state index contributed by atoms with van der Waals surface area (Å²) < 4.78 is 8.55. The zero-order valence-electron chi connectivity index (χ0n) is 17.2. The highest BCUT2D eigenvalue weighted by molar-refractivity contribution is 6.02. The molecule has 0 spiro atoms. The number of aromatic nitrogens is 3. The molecule has 0 saturated carbocycles. The molecule has 31 heavy (non-hydrogen) atoms. The van der Waals surface area contributed by atoms with Crippen molar-refractivity contribution in [2.45, 2.75) is 32.5 Å². The van der Waals surface area contributed by atoms with Gasteiger partial charge >= 0.3 is 5.69 Å². The average molecular weight is 421 g/mol. The average Bonchev–Trinajstić information content (AvgIpc) is 3.10. The van der Waals surface area contributed by atoms with E-state index in [1.54, 1.807) is 43.5 Å². The Morgan fingerprint density at radius 2 is 2.00 bits per heavy atom. The van der Waals surface area contributed by atoms with E-state index in [0.29, 0.717) is 55.2 Å². The number of pyridine rings is 1. The van der Waals surface area contributed by atoms with Crippen LogP contribution in [0.3, 0.4) is 0 Å². The first kappa shape index (κ1) is 19.5. The second-order valence-electron chi connectivity index (χ2n) is 8.07. The van der Waals surface area contributed by atoms with Crippen molar-refractivity contribution in [3.63, 3.8) is 0 Å². The standard InChI is InChI=1S/C22H23N5O4/c1-14-21(29)23-17-12-16(5-6-18(17)31-14)20(28)15-7-10-25(11-8-15)13-27-22(30)26-9-3-2-4-19(26)24-27/h2-6,9,12,14-15H,7-8,10-11,13H2,1H3,(H,23,29). The maximum Gasteiger partial charge on any atom is 0.351 e. The van der Waals surface area contributed by atoms with Crippen LogP contribution in [0.25, 0.3) is 5.65 Å². The number of hydrogen-bond acceptors (Lipinski definition) is 6. The highest BCUT2D eigenvalue weighted by Gasteiger charge is 2.29. The summed E-state index contributed by atoms with van der Waals surface area (Å²) in [5.41, 5.74) is 1.57. The molecular weight excluding hydrogens is 398 g/mol. The Labute approximate surface area is 178 Å². The van der Waals surface area contributed by atoms with Gasteiger partial charge in [-0.15, -0.1) is 5.10 Å². The highest BCUT2D eigenvalue weighted by atomic mass is 16.5. The van der Waals surface area contributed by atoms with Gasteiger partial charge in [-0.2, -0.15) is 4.68 Å². The number of piperidine rings is 1. The minimum atomic E-state index is -0.543.